The number of hydrogen-bond donors (Lipinski definition) is 1. The molecule has 1 aliphatic carbocycles. The summed E-state index contributed by atoms with van der Waals surface area (Å²) >= 11 is 0. The molecule has 0 spiro atoms. The fourth-order valence-electron chi connectivity index (χ4n) is 1.89. The van der Waals surface area contributed by atoms with E-state index in [2.05, 4.69) is 0 Å². The van der Waals surface area contributed by atoms with Crippen LogP contribution in [0.3, 0.4) is 0 Å². The molecule has 1 aromatic carbocycles. The summed E-state index contributed by atoms with van der Waals surface area (Å²) in [5.41, 5.74) is 5.41. The molecular weight excluding hydrogens is 255 g/mol. The number of nitrogens with two attached hydrogens (primary N) is 1. The first kappa shape index (κ1) is 13.5. The Hall–Kier alpha value is -0.980. The highest BCUT2D eigenvalue weighted by Gasteiger charge is 2.38. The van der Waals surface area contributed by atoms with Gasteiger partial charge < -0.3 is 5.73 Å². The molecule has 1 aromatic rings. The van der Waals surface area contributed by atoms with Crippen LogP contribution >= 0.6 is 0 Å². The second-order valence-electron chi connectivity index (χ2n) is 4.42. The Balaban J connectivity index is 2.30. The fraction of sp³-hybridized carbons (Fsp3) is 0.500. The SMILES string of the molecule is NCCCN(C1CC1)S(=O)(=O)c1ccccc1F. The molecule has 2 rings (SSSR count). The zero-order chi connectivity index (χ0) is 13.2. The van der Waals surface area contributed by atoms with Crippen molar-refractivity contribution in [1.82, 2.24) is 4.31 Å². The first-order valence-electron chi connectivity index (χ1n) is 6.04. The van der Waals surface area contributed by atoms with Crippen molar-refractivity contribution in [3.8, 4) is 0 Å². The lowest BCUT2D eigenvalue weighted by atomic mass is 10.3. The largest absolute Gasteiger partial charge is 0.330 e. The molecule has 1 aliphatic rings. The van der Waals surface area contributed by atoms with E-state index in [0.29, 0.717) is 19.5 Å². The Kier molecular flexibility index (Phi) is 3.99. The van der Waals surface area contributed by atoms with Crippen molar-refractivity contribution in [1.29, 1.82) is 0 Å². The van der Waals surface area contributed by atoms with Crippen molar-refractivity contribution in [2.75, 3.05) is 13.1 Å². The molecule has 100 valence electrons. The lowest BCUT2D eigenvalue weighted by molar-refractivity contribution is 0.396. The van der Waals surface area contributed by atoms with E-state index in [1.165, 1.54) is 28.6 Å². The van der Waals surface area contributed by atoms with Crippen LogP contribution < -0.4 is 5.73 Å². The predicted octanol–water partition coefficient (Wildman–Crippen LogP) is 1.33. The first-order valence-corrected chi connectivity index (χ1v) is 7.48. The van der Waals surface area contributed by atoms with Gasteiger partial charge in [-0.2, -0.15) is 4.31 Å². The maximum atomic E-state index is 13.6. The van der Waals surface area contributed by atoms with Gasteiger partial charge in [0.05, 0.1) is 0 Å². The molecule has 18 heavy (non-hydrogen) atoms. The highest BCUT2D eigenvalue weighted by molar-refractivity contribution is 7.89. The van der Waals surface area contributed by atoms with Gasteiger partial charge in [-0.25, -0.2) is 12.8 Å². The molecule has 4 nitrogen and oxygen atoms in total. The van der Waals surface area contributed by atoms with Gasteiger partial charge in [-0.3, -0.25) is 0 Å². The van der Waals surface area contributed by atoms with Crippen molar-refractivity contribution >= 4 is 10.0 Å². The van der Waals surface area contributed by atoms with Gasteiger partial charge >= 0.3 is 0 Å². The second kappa shape index (κ2) is 5.34. The maximum Gasteiger partial charge on any atom is 0.246 e. The molecule has 0 saturated heterocycles. The van der Waals surface area contributed by atoms with E-state index in [0.717, 1.165) is 12.8 Å². The van der Waals surface area contributed by atoms with Crippen molar-refractivity contribution in [3.05, 3.63) is 30.1 Å². The van der Waals surface area contributed by atoms with Crippen LogP contribution in [0.2, 0.25) is 0 Å². The van der Waals surface area contributed by atoms with E-state index in [1.54, 1.807) is 0 Å². The summed E-state index contributed by atoms with van der Waals surface area (Å²) in [4.78, 5) is -0.242. The molecule has 0 aliphatic heterocycles. The number of benzene rings is 1. The Labute approximate surface area is 107 Å². The van der Waals surface area contributed by atoms with Gasteiger partial charge in [-0.05, 0) is 37.9 Å². The summed E-state index contributed by atoms with van der Waals surface area (Å²) in [7, 11) is -3.74. The average Bonchev–Trinajstić information content (AvgIpc) is 3.14. The highest BCUT2D eigenvalue weighted by atomic mass is 32.2. The molecule has 0 bridgehead atoms. The number of rotatable bonds is 6. The van der Waals surface area contributed by atoms with Crippen LogP contribution in [0.4, 0.5) is 4.39 Å². The van der Waals surface area contributed by atoms with Crippen molar-refractivity contribution in [2.24, 2.45) is 5.73 Å². The smallest absolute Gasteiger partial charge is 0.246 e. The van der Waals surface area contributed by atoms with Gasteiger partial charge in [0.25, 0.3) is 0 Å². The summed E-state index contributed by atoms with van der Waals surface area (Å²) in [5.74, 6) is -0.698. The molecule has 0 aromatic heterocycles. The van der Waals surface area contributed by atoms with Crippen LogP contribution in [0.1, 0.15) is 19.3 Å². The quantitative estimate of drug-likeness (QED) is 0.849. The minimum Gasteiger partial charge on any atom is -0.330 e. The number of halogens is 1. The van der Waals surface area contributed by atoms with E-state index >= 15 is 0 Å². The number of nitrogens with zero attached hydrogens (tertiary/aromatic N) is 1. The molecule has 0 heterocycles. The van der Waals surface area contributed by atoms with Crippen molar-refractivity contribution < 1.29 is 12.8 Å². The van der Waals surface area contributed by atoms with Gasteiger partial charge in [0, 0.05) is 12.6 Å². The van der Waals surface area contributed by atoms with Crippen LogP contribution in [-0.2, 0) is 10.0 Å². The minimum atomic E-state index is -3.74. The predicted molar refractivity (Wildman–Crippen MR) is 67.0 cm³/mol. The zero-order valence-corrected chi connectivity index (χ0v) is 10.9. The van der Waals surface area contributed by atoms with Crippen LogP contribution in [0, 0.1) is 5.82 Å². The summed E-state index contributed by atoms with van der Waals surface area (Å²) in [6.45, 7) is 0.786. The highest BCUT2D eigenvalue weighted by Crippen LogP contribution is 2.32. The molecular formula is C12H17FN2O2S. The monoisotopic (exact) mass is 272 g/mol. The van der Waals surface area contributed by atoms with E-state index in [1.807, 2.05) is 0 Å². The Morgan fingerprint density at radius 1 is 1.33 bits per heavy atom. The normalized spacial score (nSPS) is 16.2. The summed E-state index contributed by atoms with van der Waals surface area (Å²) < 4.78 is 39.8. The molecule has 2 N–H and O–H groups in total. The zero-order valence-electron chi connectivity index (χ0n) is 10.0. The summed E-state index contributed by atoms with van der Waals surface area (Å²) in [5, 5.41) is 0. The Morgan fingerprint density at radius 2 is 2.00 bits per heavy atom. The van der Waals surface area contributed by atoms with Crippen LogP contribution in [0.25, 0.3) is 0 Å². The molecule has 1 saturated carbocycles. The topological polar surface area (TPSA) is 63.4 Å². The van der Waals surface area contributed by atoms with Gasteiger partial charge in [0.1, 0.15) is 10.7 Å². The lowest BCUT2D eigenvalue weighted by Gasteiger charge is -2.21. The van der Waals surface area contributed by atoms with Gasteiger partial charge in [-0.15, -0.1) is 0 Å². The van der Waals surface area contributed by atoms with Gasteiger partial charge in [0.2, 0.25) is 10.0 Å². The first-order chi connectivity index (χ1) is 8.57. The van der Waals surface area contributed by atoms with E-state index in [9.17, 15) is 12.8 Å². The number of hydrogen-bond acceptors (Lipinski definition) is 3. The van der Waals surface area contributed by atoms with Crippen LogP contribution in [0.5, 0.6) is 0 Å². The molecule has 1 fully saturated rings. The van der Waals surface area contributed by atoms with Crippen LogP contribution in [-0.4, -0.2) is 31.9 Å². The lowest BCUT2D eigenvalue weighted by Crippen LogP contribution is -2.35. The standard InChI is InChI=1S/C12H17FN2O2S/c13-11-4-1-2-5-12(11)18(16,17)15(9-3-8-14)10-6-7-10/h1-2,4-5,10H,3,6-9,14H2. The third kappa shape index (κ3) is 2.71. The van der Waals surface area contributed by atoms with Gasteiger partial charge in [0.15, 0.2) is 0 Å². The van der Waals surface area contributed by atoms with Gasteiger partial charge in [-0.1, -0.05) is 12.1 Å². The van der Waals surface area contributed by atoms with E-state index in [-0.39, 0.29) is 10.9 Å². The Morgan fingerprint density at radius 3 is 2.56 bits per heavy atom. The summed E-state index contributed by atoms with van der Waals surface area (Å²) in [6.07, 6.45) is 2.28. The molecule has 0 atom stereocenters. The van der Waals surface area contributed by atoms with Crippen molar-refractivity contribution in [3.63, 3.8) is 0 Å². The van der Waals surface area contributed by atoms with E-state index < -0.39 is 15.8 Å². The minimum absolute atomic E-state index is 0.0150. The molecule has 6 heteroatoms. The third-order valence-corrected chi connectivity index (χ3v) is 4.95. The van der Waals surface area contributed by atoms with Crippen molar-refractivity contribution in [2.45, 2.75) is 30.2 Å². The fourth-order valence-corrected chi connectivity index (χ4v) is 3.68. The average molecular weight is 272 g/mol. The van der Waals surface area contributed by atoms with Crippen LogP contribution in [0.15, 0.2) is 29.2 Å². The molecule has 0 amide bonds. The maximum absolute atomic E-state index is 13.6. The molecule has 0 unspecified atom stereocenters. The van der Waals surface area contributed by atoms with E-state index in [4.69, 9.17) is 5.73 Å². The number of sulfonamides is 1. The third-order valence-electron chi connectivity index (χ3n) is 2.96. The summed E-state index contributed by atoms with van der Waals surface area (Å²) in [6, 6.07) is 5.50. The second-order valence-corrected chi connectivity index (χ2v) is 6.28. The Bertz CT molecular complexity index is 515. The molecule has 0 radical (unpaired) electrons.